The summed E-state index contributed by atoms with van der Waals surface area (Å²) in [6.07, 6.45) is 0. The fourth-order valence-corrected chi connectivity index (χ4v) is 4.21. The van der Waals surface area contributed by atoms with Gasteiger partial charge in [-0.05, 0) is 37.3 Å². The first-order valence-corrected chi connectivity index (χ1v) is 10.7. The molecule has 0 aliphatic carbocycles. The number of nitrogens with zero attached hydrogens (tertiary/aromatic N) is 5. The average Bonchev–Trinajstić information content (AvgIpc) is 3.31. The maximum Gasteiger partial charge on any atom is 0.249 e. The number of rotatable bonds is 4. The summed E-state index contributed by atoms with van der Waals surface area (Å²) in [6.45, 7) is 2.05. The maximum absolute atomic E-state index is 6.35. The van der Waals surface area contributed by atoms with Crippen LogP contribution in [-0.2, 0) is 0 Å². The number of fused-ring (bicyclic) bond motifs is 1. The highest BCUT2D eigenvalue weighted by molar-refractivity contribution is 7.15. The van der Waals surface area contributed by atoms with Crippen molar-refractivity contribution in [2.75, 3.05) is 5.32 Å². The van der Waals surface area contributed by atoms with Crippen molar-refractivity contribution in [1.29, 1.82) is 0 Å². The van der Waals surface area contributed by atoms with Crippen LogP contribution in [0.15, 0.2) is 60.0 Å². The molecular formula is C21H14Cl2N6S. The summed E-state index contributed by atoms with van der Waals surface area (Å²) < 4.78 is 1.73. The molecule has 30 heavy (non-hydrogen) atoms. The fourth-order valence-electron chi connectivity index (χ4n) is 3.01. The predicted octanol–water partition coefficient (Wildman–Crippen LogP) is 6.27. The lowest BCUT2D eigenvalue weighted by atomic mass is 10.1. The standard InChI is InChI=1S/C21H14Cl2N6S/c1-12-2-4-13(5-3-12)17-8-9-19(27-26-17)24-20-25-21-29(28-20)18(11-30-21)15-10-14(22)6-7-16(15)23/h2-11H,1H3,(H,24,27,28). The van der Waals surface area contributed by atoms with E-state index in [4.69, 9.17) is 23.2 Å². The number of hydrogen-bond donors (Lipinski definition) is 1. The van der Waals surface area contributed by atoms with Gasteiger partial charge in [-0.2, -0.15) is 4.98 Å². The van der Waals surface area contributed by atoms with Crippen molar-refractivity contribution < 1.29 is 0 Å². The molecule has 0 radical (unpaired) electrons. The molecule has 0 unspecified atom stereocenters. The zero-order chi connectivity index (χ0) is 20.7. The summed E-state index contributed by atoms with van der Waals surface area (Å²) in [6, 6.07) is 17.3. The van der Waals surface area contributed by atoms with Crippen molar-refractivity contribution in [2.24, 2.45) is 0 Å². The van der Waals surface area contributed by atoms with Gasteiger partial charge in [-0.1, -0.05) is 53.0 Å². The van der Waals surface area contributed by atoms with Gasteiger partial charge in [-0.15, -0.1) is 26.6 Å². The first kappa shape index (κ1) is 19.0. The molecule has 0 saturated carbocycles. The van der Waals surface area contributed by atoms with Crippen LogP contribution in [0.3, 0.4) is 0 Å². The lowest BCUT2D eigenvalue weighted by molar-refractivity contribution is 0.980. The SMILES string of the molecule is Cc1ccc(-c2ccc(Nc3nc4scc(-c5cc(Cl)ccc5Cl)n4n3)nn2)cc1. The van der Waals surface area contributed by atoms with Crippen LogP contribution >= 0.6 is 34.5 Å². The van der Waals surface area contributed by atoms with Crippen LogP contribution in [0, 0.1) is 6.92 Å². The number of thiazole rings is 1. The van der Waals surface area contributed by atoms with E-state index in [-0.39, 0.29) is 0 Å². The zero-order valence-electron chi connectivity index (χ0n) is 15.7. The van der Waals surface area contributed by atoms with Gasteiger partial charge < -0.3 is 5.32 Å². The van der Waals surface area contributed by atoms with Crippen LogP contribution in [0.4, 0.5) is 11.8 Å². The third-order valence-electron chi connectivity index (χ3n) is 4.54. The van der Waals surface area contributed by atoms with Gasteiger partial charge >= 0.3 is 0 Å². The highest BCUT2D eigenvalue weighted by Crippen LogP contribution is 2.33. The quantitative estimate of drug-likeness (QED) is 0.347. The average molecular weight is 453 g/mol. The Morgan fingerprint density at radius 2 is 1.80 bits per heavy atom. The largest absolute Gasteiger partial charge is 0.306 e. The van der Waals surface area contributed by atoms with Crippen molar-refractivity contribution in [3.8, 4) is 22.5 Å². The van der Waals surface area contributed by atoms with Crippen molar-refractivity contribution >= 4 is 51.3 Å². The number of hydrogen-bond acceptors (Lipinski definition) is 6. The summed E-state index contributed by atoms with van der Waals surface area (Å²) in [4.78, 5) is 5.24. The number of nitrogens with one attached hydrogen (secondary N) is 1. The highest BCUT2D eigenvalue weighted by Gasteiger charge is 2.15. The third kappa shape index (κ3) is 3.63. The second kappa shape index (κ2) is 7.68. The molecule has 0 atom stereocenters. The van der Waals surface area contributed by atoms with E-state index in [9.17, 15) is 0 Å². The summed E-state index contributed by atoms with van der Waals surface area (Å²) in [5.74, 6) is 0.991. The van der Waals surface area contributed by atoms with Crippen LogP contribution in [0.5, 0.6) is 0 Å². The van der Waals surface area contributed by atoms with Crippen molar-refractivity contribution in [3.05, 3.63) is 75.6 Å². The Morgan fingerprint density at radius 3 is 2.57 bits per heavy atom. The molecule has 5 rings (SSSR count). The molecule has 0 aliphatic rings. The molecule has 0 spiro atoms. The van der Waals surface area contributed by atoms with Gasteiger partial charge in [0.25, 0.3) is 0 Å². The van der Waals surface area contributed by atoms with E-state index >= 15 is 0 Å². The summed E-state index contributed by atoms with van der Waals surface area (Å²) in [5.41, 5.74) is 4.65. The van der Waals surface area contributed by atoms with Gasteiger partial charge in [0, 0.05) is 21.5 Å². The number of anilines is 2. The van der Waals surface area contributed by atoms with Gasteiger partial charge in [-0.3, -0.25) is 0 Å². The molecule has 5 aromatic rings. The molecule has 0 aliphatic heterocycles. The molecule has 148 valence electrons. The molecule has 0 amide bonds. The van der Waals surface area contributed by atoms with E-state index in [1.54, 1.807) is 16.6 Å². The minimum Gasteiger partial charge on any atom is -0.306 e. The molecule has 2 aromatic carbocycles. The van der Waals surface area contributed by atoms with E-state index in [0.29, 0.717) is 21.8 Å². The molecule has 0 fully saturated rings. The minimum absolute atomic E-state index is 0.429. The number of halogens is 2. The van der Waals surface area contributed by atoms with Gasteiger partial charge in [0.05, 0.1) is 16.4 Å². The Labute approximate surface area is 186 Å². The highest BCUT2D eigenvalue weighted by atomic mass is 35.5. The smallest absolute Gasteiger partial charge is 0.249 e. The minimum atomic E-state index is 0.429. The number of aryl methyl sites for hydroxylation is 1. The molecule has 3 heterocycles. The van der Waals surface area contributed by atoms with Crippen molar-refractivity contribution in [3.63, 3.8) is 0 Å². The van der Waals surface area contributed by atoms with Crippen LogP contribution < -0.4 is 5.32 Å². The van der Waals surface area contributed by atoms with Gasteiger partial charge in [0.15, 0.2) is 5.82 Å². The van der Waals surface area contributed by atoms with E-state index in [0.717, 1.165) is 27.5 Å². The molecule has 0 bridgehead atoms. The van der Waals surface area contributed by atoms with Crippen LogP contribution in [0.25, 0.3) is 27.5 Å². The van der Waals surface area contributed by atoms with E-state index < -0.39 is 0 Å². The van der Waals surface area contributed by atoms with Crippen molar-refractivity contribution in [1.82, 2.24) is 24.8 Å². The van der Waals surface area contributed by atoms with Crippen molar-refractivity contribution in [2.45, 2.75) is 6.92 Å². The Balaban J connectivity index is 1.41. The van der Waals surface area contributed by atoms with E-state index in [2.05, 4.69) is 44.7 Å². The Bertz CT molecular complexity index is 1340. The second-order valence-corrected chi connectivity index (χ2v) is 8.35. The Morgan fingerprint density at radius 1 is 0.967 bits per heavy atom. The van der Waals surface area contributed by atoms with Crippen LogP contribution in [-0.4, -0.2) is 24.8 Å². The monoisotopic (exact) mass is 452 g/mol. The molecular weight excluding hydrogens is 439 g/mol. The van der Waals surface area contributed by atoms with Gasteiger partial charge in [-0.25, -0.2) is 4.52 Å². The number of benzene rings is 2. The molecule has 1 N–H and O–H groups in total. The second-order valence-electron chi connectivity index (χ2n) is 6.67. The first-order valence-electron chi connectivity index (χ1n) is 9.04. The fraction of sp³-hybridized carbons (Fsp3) is 0.0476. The zero-order valence-corrected chi connectivity index (χ0v) is 18.0. The summed E-state index contributed by atoms with van der Waals surface area (Å²) in [5, 5.41) is 19.3. The Hall–Kier alpha value is -3.00. The number of aromatic nitrogens is 5. The third-order valence-corrected chi connectivity index (χ3v) is 5.92. The summed E-state index contributed by atoms with van der Waals surface area (Å²) in [7, 11) is 0. The topological polar surface area (TPSA) is 68.0 Å². The van der Waals surface area contributed by atoms with Crippen LogP contribution in [0.2, 0.25) is 10.0 Å². The normalized spacial score (nSPS) is 11.2. The lowest BCUT2D eigenvalue weighted by Gasteiger charge is -2.04. The molecule has 6 nitrogen and oxygen atoms in total. The molecule has 9 heteroatoms. The van der Waals surface area contributed by atoms with Gasteiger partial charge in [0.1, 0.15) is 0 Å². The predicted molar refractivity (Wildman–Crippen MR) is 122 cm³/mol. The maximum atomic E-state index is 6.35. The first-order chi connectivity index (χ1) is 14.6. The van der Waals surface area contributed by atoms with Gasteiger partial charge in [0.2, 0.25) is 10.9 Å². The van der Waals surface area contributed by atoms with E-state index in [1.165, 1.54) is 16.9 Å². The Kier molecular flexibility index (Phi) is 4.86. The van der Waals surface area contributed by atoms with E-state index in [1.807, 2.05) is 35.7 Å². The molecule has 3 aromatic heterocycles. The molecule has 0 saturated heterocycles. The van der Waals surface area contributed by atoms with Crippen LogP contribution in [0.1, 0.15) is 5.56 Å². The summed E-state index contributed by atoms with van der Waals surface area (Å²) >= 11 is 14.0. The lowest BCUT2D eigenvalue weighted by Crippen LogP contribution is -1.98.